The van der Waals surface area contributed by atoms with E-state index in [9.17, 15) is 15.2 Å². The van der Waals surface area contributed by atoms with Crippen molar-refractivity contribution in [1.82, 2.24) is 5.32 Å². The highest BCUT2D eigenvalue weighted by molar-refractivity contribution is 5.88. The maximum Gasteiger partial charge on any atom is 0.335 e. The number of nitrogens with zero attached hydrogens (tertiary/aromatic N) is 1. The van der Waals surface area contributed by atoms with Crippen LogP contribution in [0.1, 0.15) is 42.3 Å². The first-order valence-electron chi connectivity index (χ1n) is 11.9. The van der Waals surface area contributed by atoms with Crippen molar-refractivity contribution in [2.24, 2.45) is 0 Å². The molecule has 7 nitrogen and oxygen atoms in total. The molecule has 0 amide bonds. The van der Waals surface area contributed by atoms with Crippen LogP contribution in [-0.2, 0) is 6.42 Å². The third kappa shape index (κ3) is 7.57. The molecule has 3 aromatic carbocycles. The van der Waals surface area contributed by atoms with Crippen LogP contribution in [0.5, 0.6) is 11.5 Å². The van der Waals surface area contributed by atoms with Gasteiger partial charge in [0.15, 0.2) is 0 Å². The van der Waals surface area contributed by atoms with Gasteiger partial charge in [-0.15, -0.1) is 0 Å². The van der Waals surface area contributed by atoms with Gasteiger partial charge in [-0.25, -0.2) is 4.79 Å². The zero-order chi connectivity index (χ0) is 26.1. The number of aliphatic hydroxyl groups is 1. The molecular formula is C29H32N2O5. The highest BCUT2D eigenvalue weighted by Crippen LogP contribution is 2.27. The van der Waals surface area contributed by atoms with Crippen molar-refractivity contribution in [3.05, 3.63) is 83.4 Å². The molecule has 36 heavy (non-hydrogen) atoms. The SMILES string of the molecule is CCOc1ccc(CC(C)(C)NC[C@@H](O)COc2cc(-c3ccc(C(=O)O)cc3)ccc2C#N)cc1. The molecule has 0 aliphatic carbocycles. The minimum absolute atomic E-state index is 0.0161. The first-order valence-corrected chi connectivity index (χ1v) is 11.9. The van der Waals surface area contributed by atoms with Gasteiger partial charge in [-0.1, -0.05) is 30.3 Å². The summed E-state index contributed by atoms with van der Waals surface area (Å²) < 4.78 is 11.3. The number of hydrogen-bond acceptors (Lipinski definition) is 6. The van der Waals surface area contributed by atoms with E-state index in [1.807, 2.05) is 31.2 Å². The lowest BCUT2D eigenvalue weighted by molar-refractivity contribution is 0.0697. The molecule has 1 atom stereocenters. The Morgan fingerprint density at radius 3 is 2.31 bits per heavy atom. The van der Waals surface area contributed by atoms with Crippen molar-refractivity contribution in [3.8, 4) is 28.7 Å². The summed E-state index contributed by atoms with van der Waals surface area (Å²) in [7, 11) is 0. The average molecular weight is 489 g/mol. The van der Waals surface area contributed by atoms with Crippen LogP contribution in [0.15, 0.2) is 66.7 Å². The second-order valence-corrected chi connectivity index (χ2v) is 9.19. The van der Waals surface area contributed by atoms with Gasteiger partial charge in [-0.2, -0.15) is 5.26 Å². The lowest BCUT2D eigenvalue weighted by Gasteiger charge is -2.28. The quantitative estimate of drug-likeness (QED) is 0.340. The van der Waals surface area contributed by atoms with Gasteiger partial charge in [0, 0.05) is 12.1 Å². The summed E-state index contributed by atoms with van der Waals surface area (Å²) in [5, 5.41) is 32.5. The lowest BCUT2D eigenvalue weighted by Crippen LogP contribution is -2.46. The minimum Gasteiger partial charge on any atom is -0.494 e. The van der Waals surface area contributed by atoms with Crippen LogP contribution in [-0.4, -0.2) is 47.6 Å². The first-order chi connectivity index (χ1) is 17.2. The van der Waals surface area contributed by atoms with Gasteiger partial charge >= 0.3 is 5.97 Å². The number of carboxylic acid groups (broad SMARTS) is 1. The molecule has 0 heterocycles. The van der Waals surface area contributed by atoms with E-state index in [-0.39, 0.29) is 17.7 Å². The molecule has 7 heteroatoms. The number of nitrogens with one attached hydrogen (secondary N) is 1. The van der Waals surface area contributed by atoms with E-state index in [0.717, 1.165) is 28.9 Å². The predicted octanol–water partition coefficient (Wildman–Crippen LogP) is 4.67. The highest BCUT2D eigenvalue weighted by atomic mass is 16.5. The van der Waals surface area contributed by atoms with Crippen LogP contribution >= 0.6 is 0 Å². The molecule has 0 fully saturated rings. The van der Waals surface area contributed by atoms with E-state index in [1.54, 1.807) is 30.3 Å². The van der Waals surface area contributed by atoms with E-state index in [2.05, 4.69) is 25.2 Å². The number of benzene rings is 3. The van der Waals surface area contributed by atoms with Crippen molar-refractivity contribution >= 4 is 5.97 Å². The number of aliphatic hydroxyl groups excluding tert-OH is 1. The first kappa shape index (κ1) is 26.7. The number of carboxylic acids is 1. The Hall–Kier alpha value is -3.86. The van der Waals surface area contributed by atoms with E-state index in [0.29, 0.717) is 24.5 Å². The number of carbonyl (C=O) groups is 1. The normalized spacial score (nSPS) is 12.0. The van der Waals surface area contributed by atoms with Crippen molar-refractivity contribution in [2.45, 2.75) is 38.8 Å². The molecule has 0 spiro atoms. The number of nitriles is 1. The van der Waals surface area contributed by atoms with Crippen LogP contribution in [0, 0.1) is 11.3 Å². The molecule has 0 aromatic heterocycles. The van der Waals surface area contributed by atoms with Crippen molar-refractivity contribution in [3.63, 3.8) is 0 Å². The summed E-state index contributed by atoms with van der Waals surface area (Å²) in [5.41, 5.74) is 3.04. The van der Waals surface area contributed by atoms with Crippen molar-refractivity contribution in [2.75, 3.05) is 19.8 Å². The van der Waals surface area contributed by atoms with E-state index < -0.39 is 12.1 Å². The Labute approximate surface area is 211 Å². The zero-order valence-corrected chi connectivity index (χ0v) is 20.8. The van der Waals surface area contributed by atoms with Gasteiger partial charge in [0.05, 0.1) is 17.7 Å². The van der Waals surface area contributed by atoms with Crippen molar-refractivity contribution in [1.29, 1.82) is 5.26 Å². The smallest absolute Gasteiger partial charge is 0.335 e. The number of ether oxygens (including phenoxy) is 2. The fourth-order valence-corrected chi connectivity index (χ4v) is 3.80. The van der Waals surface area contributed by atoms with Crippen molar-refractivity contribution < 1.29 is 24.5 Å². The van der Waals surface area contributed by atoms with Gasteiger partial charge in [-0.3, -0.25) is 0 Å². The van der Waals surface area contributed by atoms with Gasteiger partial charge in [0.1, 0.15) is 30.3 Å². The Kier molecular flexibility index (Phi) is 9.07. The molecule has 3 rings (SSSR count). The highest BCUT2D eigenvalue weighted by Gasteiger charge is 2.20. The molecule has 0 saturated carbocycles. The summed E-state index contributed by atoms with van der Waals surface area (Å²) in [6.07, 6.45) is -0.0106. The predicted molar refractivity (Wildman–Crippen MR) is 138 cm³/mol. The van der Waals surface area contributed by atoms with Crippen LogP contribution in [0.25, 0.3) is 11.1 Å². The fourth-order valence-electron chi connectivity index (χ4n) is 3.80. The Morgan fingerprint density at radius 1 is 1.03 bits per heavy atom. The molecule has 0 aliphatic rings. The second kappa shape index (κ2) is 12.2. The second-order valence-electron chi connectivity index (χ2n) is 9.19. The number of rotatable bonds is 12. The van der Waals surface area contributed by atoms with Crippen LogP contribution in [0.2, 0.25) is 0 Å². The summed E-state index contributed by atoms with van der Waals surface area (Å²) in [4.78, 5) is 11.1. The molecular weight excluding hydrogens is 456 g/mol. The molecule has 188 valence electrons. The molecule has 0 aliphatic heterocycles. The summed E-state index contributed by atoms with van der Waals surface area (Å²) in [5.74, 6) is 0.221. The van der Waals surface area contributed by atoms with Gasteiger partial charge in [0.25, 0.3) is 0 Å². The molecule has 0 bridgehead atoms. The molecule has 0 radical (unpaired) electrons. The third-order valence-electron chi connectivity index (χ3n) is 5.70. The number of β-amino-alcohol motifs (C(OH)–C–C–N with tert-alkyl or cyclic N) is 1. The average Bonchev–Trinajstić information content (AvgIpc) is 2.87. The van der Waals surface area contributed by atoms with Gasteiger partial charge in [-0.05, 0) is 80.3 Å². The summed E-state index contributed by atoms with van der Waals surface area (Å²) in [6.45, 7) is 7.07. The molecule has 3 N–H and O–H groups in total. The van der Waals surface area contributed by atoms with Gasteiger partial charge in [0.2, 0.25) is 0 Å². The maximum atomic E-state index is 11.1. The van der Waals surface area contributed by atoms with Crippen LogP contribution < -0.4 is 14.8 Å². The zero-order valence-electron chi connectivity index (χ0n) is 20.8. The Balaban J connectivity index is 1.57. The number of hydrogen-bond donors (Lipinski definition) is 3. The standard InChI is InChI=1S/C29H32N2O5/c1-4-35-26-13-5-20(6-14-26)16-29(2,3)31-18-25(32)19-36-27-15-23(11-12-24(27)17-30)21-7-9-22(10-8-21)28(33)34/h5-15,25,31-32H,4,16,18-19H2,1-3H3,(H,33,34)/t25-/m1/s1. The van der Waals surface area contributed by atoms with E-state index in [4.69, 9.17) is 14.6 Å². The number of aromatic carboxylic acids is 1. The summed E-state index contributed by atoms with van der Waals surface area (Å²) >= 11 is 0. The third-order valence-corrected chi connectivity index (χ3v) is 5.70. The fraction of sp³-hybridized carbons (Fsp3) is 0.310. The Bertz CT molecular complexity index is 1200. The topological polar surface area (TPSA) is 112 Å². The maximum absolute atomic E-state index is 11.1. The van der Waals surface area contributed by atoms with Crippen LogP contribution in [0.3, 0.4) is 0 Å². The Morgan fingerprint density at radius 2 is 1.69 bits per heavy atom. The molecule has 0 unspecified atom stereocenters. The van der Waals surface area contributed by atoms with Gasteiger partial charge < -0.3 is 25.0 Å². The molecule has 0 saturated heterocycles. The molecule has 3 aromatic rings. The van der Waals surface area contributed by atoms with Crippen LogP contribution in [0.4, 0.5) is 0 Å². The monoisotopic (exact) mass is 488 g/mol. The van der Waals surface area contributed by atoms with E-state index in [1.165, 1.54) is 12.1 Å². The lowest BCUT2D eigenvalue weighted by atomic mass is 9.94. The van der Waals surface area contributed by atoms with E-state index >= 15 is 0 Å². The summed E-state index contributed by atoms with van der Waals surface area (Å²) in [6, 6.07) is 21.7. The largest absolute Gasteiger partial charge is 0.494 e. The minimum atomic E-state index is -0.990.